The molecule has 0 saturated heterocycles. The maximum Gasteiger partial charge on any atom is 0.279 e. The van der Waals surface area contributed by atoms with Crippen LogP contribution in [0.3, 0.4) is 0 Å². The first-order valence-corrected chi connectivity index (χ1v) is 9.31. The molecule has 2 aromatic carbocycles. The molecule has 1 atom stereocenters. The van der Waals surface area contributed by atoms with Crippen LogP contribution in [0.4, 0.5) is 0 Å². The monoisotopic (exact) mass is 384 g/mol. The van der Waals surface area contributed by atoms with Crippen molar-refractivity contribution in [3.8, 4) is 11.5 Å². The van der Waals surface area contributed by atoms with Crippen LogP contribution >= 0.6 is 0 Å². The number of ether oxygens (including phenoxy) is 2. The van der Waals surface area contributed by atoms with Gasteiger partial charge in [0.05, 0.1) is 6.61 Å². The summed E-state index contributed by atoms with van der Waals surface area (Å²) in [6, 6.07) is 14.3. The van der Waals surface area contributed by atoms with E-state index >= 15 is 0 Å². The molecular weight excluding hydrogens is 356 g/mol. The molecule has 0 saturated carbocycles. The van der Waals surface area contributed by atoms with E-state index in [-0.39, 0.29) is 5.41 Å². The molecule has 2 amide bonds. The van der Waals surface area contributed by atoms with E-state index in [0.29, 0.717) is 23.7 Å². The lowest BCUT2D eigenvalue weighted by Gasteiger charge is -2.21. The lowest BCUT2D eigenvalue weighted by molar-refractivity contribution is -0.128. The number of hydrazine groups is 1. The van der Waals surface area contributed by atoms with Gasteiger partial charge < -0.3 is 9.47 Å². The van der Waals surface area contributed by atoms with Gasteiger partial charge in [0.25, 0.3) is 11.8 Å². The molecule has 6 heteroatoms. The molecule has 2 rings (SSSR count). The summed E-state index contributed by atoms with van der Waals surface area (Å²) < 4.78 is 11.1. The van der Waals surface area contributed by atoms with Gasteiger partial charge in [-0.2, -0.15) is 0 Å². The quantitative estimate of drug-likeness (QED) is 0.746. The SMILES string of the molecule is CCOc1ccc(C(=O)NNC(=O)C(C)Oc2cccc(C(C)(C)C)c2)cc1. The summed E-state index contributed by atoms with van der Waals surface area (Å²) in [5, 5.41) is 0. The number of benzene rings is 2. The van der Waals surface area contributed by atoms with Gasteiger partial charge in [0.1, 0.15) is 11.5 Å². The third-order valence-electron chi connectivity index (χ3n) is 4.11. The lowest BCUT2D eigenvalue weighted by atomic mass is 9.87. The van der Waals surface area contributed by atoms with Crippen LogP contribution < -0.4 is 20.3 Å². The molecule has 0 aliphatic carbocycles. The van der Waals surface area contributed by atoms with Crippen molar-refractivity contribution in [3.63, 3.8) is 0 Å². The highest BCUT2D eigenvalue weighted by Crippen LogP contribution is 2.26. The molecule has 0 spiro atoms. The standard InChI is InChI=1S/C22H28N2O4/c1-6-27-18-12-10-16(11-13-18)21(26)24-23-20(25)15(2)28-19-9-7-8-17(14-19)22(3,4)5/h7-15H,6H2,1-5H3,(H,23,25)(H,24,26). The van der Waals surface area contributed by atoms with E-state index in [4.69, 9.17) is 9.47 Å². The van der Waals surface area contributed by atoms with Crippen LogP contribution in [-0.4, -0.2) is 24.5 Å². The van der Waals surface area contributed by atoms with Gasteiger partial charge in [-0.25, -0.2) is 0 Å². The van der Waals surface area contributed by atoms with Crippen molar-refractivity contribution < 1.29 is 19.1 Å². The highest BCUT2D eigenvalue weighted by molar-refractivity contribution is 5.95. The number of carbonyl (C=O) groups is 2. The normalized spacial score (nSPS) is 12.0. The minimum absolute atomic E-state index is 0.0173. The van der Waals surface area contributed by atoms with Crippen molar-refractivity contribution in [3.05, 3.63) is 59.7 Å². The highest BCUT2D eigenvalue weighted by Gasteiger charge is 2.18. The fourth-order valence-electron chi connectivity index (χ4n) is 2.45. The van der Waals surface area contributed by atoms with E-state index in [0.717, 1.165) is 5.56 Å². The van der Waals surface area contributed by atoms with Crippen LogP contribution in [0.25, 0.3) is 0 Å². The maximum absolute atomic E-state index is 12.2. The van der Waals surface area contributed by atoms with Crippen LogP contribution in [0.1, 0.15) is 50.5 Å². The predicted octanol–water partition coefficient (Wildman–Crippen LogP) is 3.61. The Morgan fingerprint density at radius 2 is 1.68 bits per heavy atom. The zero-order chi connectivity index (χ0) is 20.7. The second-order valence-corrected chi connectivity index (χ2v) is 7.44. The van der Waals surface area contributed by atoms with Gasteiger partial charge in [-0.3, -0.25) is 20.4 Å². The van der Waals surface area contributed by atoms with E-state index in [1.54, 1.807) is 37.3 Å². The first-order valence-electron chi connectivity index (χ1n) is 9.31. The Morgan fingerprint density at radius 3 is 2.29 bits per heavy atom. The number of amides is 2. The second-order valence-electron chi connectivity index (χ2n) is 7.44. The molecule has 28 heavy (non-hydrogen) atoms. The average Bonchev–Trinajstić information content (AvgIpc) is 2.66. The van der Waals surface area contributed by atoms with Crippen molar-refractivity contribution in [2.24, 2.45) is 0 Å². The number of rotatable bonds is 6. The summed E-state index contributed by atoms with van der Waals surface area (Å²) in [4.78, 5) is 24.4. The predicted molar refractivity (Wildman–Crippen MR) is 108 cm³/mol. The summed E-state index contributed by atoms with van der Waals surface area (Å²) in [7, 11) is 0. The Hall–Kier alpha value is -3.02. The molecule has 2 aromatic rings. The van der Waals surface area contributed by atoms with Gasteiger partial charge in [-0.05, 0) is 61.2 Å². The maximum atomic E-state index is 12.2. The third kappa shape index (κ3) is 6.01. The topological polar surface area (TPSA) is 76.7 Å². The van der Waals surface area contributed by atoms with E-state index in [2.05, 4.69) is 31.6 Å². The Kier molecular flexibility index (Phi) is 7.04. The highest BCUT2D eigenvalue weighted by atomic mass is 16.5. The van der Waals surface area contributed by atoms with Crippen molar-refractivity contribution in [1.29, 1.82) is 0 Å². The van der Waals surface area contributed by atoms with Crippen molar-refractivity contribution in [2.75, 3.05) is 6.61 Å². The molecule has 0 aliphatic heterocycles. The molecule has 0 bridgehead atoms. The van der Waals surface area contributed by atoms with E-state index in [1.807, 2.05) is 25.1 Å². The Morgan fingerprint density at radius 1 is 1.00 bits per heavy atom. The Bertz CT molecular complexity index is 810. The zero-order valence-electron chi connectivity index (χ0n) is 17.0. The van der Waals surface area contributed by atoms with Gasteiger partial charge in [-0.15, -0.1) is 0 Å². The first kappa shape index (κ1) is 21.3. The fraction of sp³-hybridized carbons (Fsp3) is 0.364. The number of carbonyl (C=O) groups excluding carboxylic acids is 2. The van der Waals surface area contributed by atoms with Gasteiger partial charge in [0.15, 0.2) is 6.10 Å². The Balaban J connectivity index is 1.89. The van der Waals surface area contributed by atoms with E-state index in [1.165, 1.54) is 0 Å². The fourth-order valence-corrected chi connectivity index (χ4v) is 2.45. The minimum atomic E-state index is -0.768. The molecule has 1 unspecified atom stereocenters. The summed E-state index contributed by atoms with van der Waals surface area (Å²) in [5.41, 5.74) is 6.29. The van der Waals surface area contributed by atoms with Crippen LogP contribution in [0.15, 0.2) is 48.5 Å². The molecular formula is C22H28N2O4. The van der Waals surface area contributed by atoms with Gasteiger partial charge in [-0.1, -0.05) is 32.9 Å². The zero-order valence-corrected chi connectivity index (χ0v) is 17.0. The van der Waals surface area contributed by atoms with E-state index in [9.17, 15) is 9.59 Å². The van der Waals surface area contributed by atoms with Crippen molar-refractivity contribution in [2.45, 2.75) is 46.1 Å². The van der Waals surface area contributed by atoms with Crippen LogP contribution in [0, 0.1) is 0 Å². The number of hydrogen-bond donors (Lipinski definition) is 2. The number of nitrogens with one attached hydrogen (secondary N) is 2. The summed E-state index contributed by atoms with van der Waals surface area (Å²) in [5.74, 6) is 0.425. The van der Waals surface area contributed by atoms with Crippen LogP contribution in [0.2, 0.25) is 0 Å². The van der Waals surface area contributed by atoms with Crippen molar-refractivity contribution in [1.82, 2.24) is 10.9 Å². The van der Waals surface area contributed by atoms with E-state index < -0.39 is 17.9 Å². The molecule has 0 heterocycles. The lowest BCUT2D eigenvalue weighted by Crippen LogP contribution is -2.47. The van der Waals surface area contributed by atoms with Crippen molar-refractivity contribution >= 4 is 11.8 Å². The summed E-state index contributed by atoms with van der Waals surface area (Å²) in [6.45, 7) is 10.4. The summed E-state index contributed by atoms with van der Waals surface area (Å²) in [6.07, 6.45) is -0.768. The smallest absolute Gasteiger partial charge is 0.279 e. The molecule has 0 radical (unpaired) electrons. The van der Waals surface area contributed by atoms with Crippen LogP contribution in [0.5, 0.6) is 11.5 Å². The minimum Gasteiger partial charge on any atom is -0.494 e. The molecule has 0 aromatic heterocycles. The van der Waals surface area contributed by atoms with Crippen LogP contribution in [-0.2, 0) is 10.2 Å². The Labute approximate surface area is 166 Å². The molecule has 6 nitrogen and oxygen atoms in total. The second kappa shape index (κ2) is 9.26. The molecule has 0 fully saturated rings. The molecule has 0 aliphatic rings. The number of hydrogen-bond acceptors (Lipinski definition) is 4. The first-order chi connectivity index (χ1) is 13.2. The largest absolute Gasteiger partial charge is 0.494 e. The molecule has 150 valence electrons. The van der Waals surface area contributed by atoms with Gasteiger partial charge in [0, 0.05) is 5.56 Å². The third-order valence-corrected chi connectivity index (χ3v) is 4.11. The molecule has 2 N–H and O–H groups in total. The average molecular weight is 384 g/mol. The van der Waals surface area contributed by atoms with Gasteiger partial charge >= 0.3 is 0 Å². The summed E-state index contributed by atoms with van der Waals surface area (Å²) >= 11 is 0. The van der Waals surface area contributed by atoms with Gasteiger partial charge in [0.2, 0.25) is 0 Å².